The van der Waals surface area contributed by atoms with E-state index in [-0.39, 0.29) is 16.6 Å². The van der Waals surface area contributed by atoms with Gasteiger partial charge in [0.15, 0.2) is 0 Å². The molecule has 6 heteroatoms. The molecule has 0 radical (unpaired) electrons. The lowest BCUT2D eigenvalue weighted by Crippen LogP contribution is -2.35. The van der Waals surface area contributed by atoms with E-state index in [2.05, 4.69) is 4.72 Å². The number of rotatable bonds is 3. The van der Waals surface area contributed by atoms with Crippen molar-refractivity contribution in [2.75, 3.05) is 5.73 Å². The quantitative estimate of drug-likeness (QED) is 0.843. The van der Waals surface area contributed by atoms with Gasteiger partial charge >= 0.3 is 0 Å². The third-order valence-electron chi connectivity index (χ3n) is 3.71. The van der Waals surface area contributed by atoms with Crippen LogP contribution < -0.4 is 10.5 Å². The van der Waals surface area contributed by atoms with Crippen molar-refractivity contribution in [3.05, 3.63) is 24.0 Å². The van der Waals surface area contributed by atoms with Crippen molar-refractivity contribution in [2.45, 2.75) is 55.9 Å². The first kappa shape index (κ1) is 15.3. The fraction of sp³-hybridized carbons (Fsp3) is 0.571. The number of nitrogens with two attached hydrogens (primary N) is 1. The number of hydrogen-bond acceptors (Lipinski definition) is 3. The summed E-state index contributed by atoms with van der Waals surface area (Å²) < 4.78 is 40.6. The van der Waals surface area contributed by atoms with Gasteiger partial charge in [0.05, 0.1) is 10.6 Å². The van der Waals surface area contributed by atoms with Gasteiger partial charge in [0.1, 0.15) is 5.82 Å². The van der Waals surface area contributed by atoms with Gasteiger partial charge in [0, 0.05) is 6.04 Å². The molecule has 4 nitrogen and oxygen atoms in total. The molecule has 1 aliphatic carbocycles. The van der Waals surface area contributed by atoms with Crippen LogP contribution in [0.1, 0.15) is 44.9 Å². The second-order valence-electron chi connectivity index (χ2n) is 5.35. The first-order valence-electron chi connectivity index (χ1n) is 7.06. The lowest BCUT2D eigenvalue weighted by atomic mass is 9.97. The Bertz CT molecular complexity index is 552. The van der Waals surface area contributed by atoms with Crippen molar-refractivity contribution < 1.29 is 12.8 Å². The molecule has 0 aromatic heterocycles. The Morgan fingerprint density at radius 2 is 1.70 bits per heavy atom. The highest BCUT2D eigenvalue weighted by Gasteiger charge is 2.21. The Morgan fingerprint density at radius 3 is 2.30 bits per heavy atom. The van der Waals surface area contributed by atoms with Crippen molar-refractivity contribution in [1.82, 2.24) is 4.72 Å². The molecule has 0 atom stereocenters. The lowest BCUT2D eigenvalue weighted by molar-refractivity contribution is 0.426. The maximum absolute atomic E-state index is 13.4. The monoisotopic (exact) mass is 300 g/mol. The molecule has 3 N–H and O–H groups in total. The molecule has 2 rings (SSSR count). The first-order valence-corrected chi connectivity index (χ1v) is 8.55. The molecular formula is C14H21FN2O2S. The minimum Gasteiger partial charge on any atom is -0.396 e. The number of benzene rings is 1. The highest BCUT2D eigenvalue weighted by molar-refractivity contribution is 7.89. The fourth-order valence-corrected chi connectivity index (χ4v) is 3.85. The molecule has 0 spiro atoms. The van der Waals surface area contributed by atoms with Crippen molar-refractivity contribution in [1.29, 1.82) is 0 Å². The highest BCUT2D eigenvalue weighted by atomic mass is 32.2. The predicted octanol–water partition coefficient (Wildman–Crippen LogP) is 2.80. The van der Waals surface area contributed by atoms with Crippen molar-refractivity contribution in [2.24, 2.45) is 0 Å². The van der Waals surface area contributed by atoms with E-state index >= 15 is 0 Å². The number of hydrogen-bond donors (Lipinski definition) is 2. The molecular weight excluding hydrogens is 279 g/mol. The SMILES string of the molecule is Nc1ccc(S(=O)(=O)NC2CCCCCCC2)cc1F. The zero-order valence-corrected chi connectivity index (χ0v) is 12.3. The number of nitrogen functional groups attached to an aromatic ring is 1. The molecule has 0 unspecified atom stereocenters. The van der Waals surface area contributed by atoms with E-state index in [0.29, 0.717) is 0 Å². The van der Waals surface area contributed by atoms with Crippen LogP contribution >= 0.6 is 0 Å². The van der Waals surface area contributed by atoms with Gasteiger partial charge in [-0.15, -0.1) is 0 Å². The Labute approximate surface area is 119 Å². The second-order valence-corrected chi connectivity index (χ2v) is 7.06. The van der Waals surface area contributed by atoms with E-state index in [1.54, 1.807) is 0 Å². The largest absolute Gasteiger partial charge is 0.396 e. The molecule has 0 heterocycles. The Hall–Kier alpha value is -1.14. The molecule has 1 aromatic rings. The summed E-state index contributed by atoms with van der Waals surface area (Å²) in [5.41, 5.74) is 5.32. The summed E-state index contributed by atoms with van der Waals surface area (Å²) in [5.74, 6) is -0.703. The van der Waals surface area contributed by atoms with Crippen molar-refractivity contribution in [3.8, 4) is 0 Å². The molecule has 0 saturated heterocycles. The van der Waals surface area contributed by atoms with E-state index < -0.39 is 15.8 Å². The molecule has 0 bridgehead atoms. The van der Waals surface area contributed by atoms with Gasteiger partial charge in [-0.05, 0) is 31.0 Å². The van der Waals surface area contributed by atoms with Crippen LogP contribution in [0.4, 0.5) is 10.1 Å². The van der Waals surface area contributed by atoms with Crippen LogP contribution in [-0.4, -0.2) is 14.5 Å². The second kappa shape index (κ2) is 6.54. The molecule has 1 saturated carbocycles. The first-order chi connectivity index (χ1) is 9.49. The van der Waals surface area contributed by atoms with Crippen LogP contribution in [0.3, 0.4) is 0 Å². The zero-order valence-electron chi connectivity index (χ0n) is 11.4. The van der Waals surface area contributed by atoms with Crippen LogP contribution in [0.5, 0.6) is 0 Å². The van der Waals surface area contributed by atoms with Crippen LogP contribution in [0.2, 0.25) is 0 Å². The fourth-order valence-electron chi connectivity index (χ4n) is 2.54. The van der Waals surface area contributed by atoms with Crippen LogP contribution in [0, 0.1) is 5.82 Å². The average Bonchev–Trinajstić information content (AvgIpc) is 2.35. The van der Waals surface area contributed by atoms with Gasteiger partial charge in [-0.25, -0.2) is 17.5 Å². The van der Waals surface area contributed by atoms with E-state index in [1.165, 1.54) is 18.6 Å². The number of halogens is 1. The molecule has 20 heavy (non-hydrogen) atoms. The predicted molar refractivity (Wildman–Crippen MR) is 77.2 cm³/mol. The summed E-state index contributed by atoms with van der Waals surface area (Å²) >= 11 is 0. The maximum atomic E-state index is 13.4. The summed E-state index contributed by atoms with van der Waals surface area (Å²) in [5, 5.41) is 0. The lowest BCUT2D eigenvalue weighted by Gasteiger charge is -2.21. The summed E-state index contributed by atoms with van der Waals surface area (Å²) in [6.07, 6.45) is 7.27. The Kier molecular flexibility index (Phi) is 4.99. The maximum Gasteiger partial charge on any atom is 0.240 e. The Balaban J connectivity index is 2.10. The highest BCUT2D eigenvalue weighted by Crippen LogP contribution is 2.21. The van der Waals surface area contributed by atoms with Crippen LogP contribution in [0.25, 0.3) is 0 Å². The minimum absolute atomic E-state index is 0.0464. The standard InChI is InChI=1S/C14H21FN2O2S/c15-13-10-12(8-9-14(13)16)20(18,19)17-11-6-4-2-1-3-5-7-11/h8-11,17H,1-7,16H2. The minimum atomic E-state index is -3.67. The van der Waals surface area contributed by atoms with Gasteiger partial charge in [0.2, 0.25) is 10.0 Å². The van der Waals surface area contributed by atoms with Crippen molar-refractivity contribution >= 4 is 15.7 Å². The van der Waals surface area contributed by atoms with Crippen molar-refractivity contribution in [3.63, 3.8) is 0 Å². The van der Waals surface area contributed by atoms with E-state index in [1.807, 2.05) is 0 Å². The van der Waals surface area contributed by atoms with Gasteiger partial charge in [-0.1, -0.05) is 32.1 Å². The van der Waals surface area contributed by atoms with E-state index in [0.717, 1.165) is 44.6 Å². The van der Waals surface area contributed by atoms with Gasteiger partial charge < -0.3 is 5.73 Å². The molecule has 1 aliphatic rings. The smallest absolute Gasteiger partial charge is 0.240 e. The molecule has 1 fully saturated rings. The summed E-state index contributed by atoms with van der Waals surface area (Å²) in [6.45, 7) is 0. The van der Waals surface area contributed by atoms with Crippen LogP contribution in [-0.2, 0) is 10.0 Å². The normalized spacial score (nSPS) is 18.4. The number of nitrogens with one attached hydrogen (secondary N) is 1. The van der Waals surface area contributed by atoms with Gasteiger partial charge in [-0.3, -0.25) is 0 Å². The van der Waals surface area contributed by atoms with E-state index in [4.69, 9.17) is 5.73 Å². The summed E-state index contributed by atoms with van der Waals surface area (Å²) in [4.78, 5) is -0.0636. The third-order valence-corrected chi connectivity index (χ3v) is 5.23. The molecule has 0 amide bonds. The average molecular weight is 300 g/mol. The zero-order chi connectivity index (χ0) is 14.6. The third kappa shape index (κ3) is 3.93. The summed E-state index contributed by atoms with van der Waals surface area (Å²) in [6, 6.07) is 3.53. The molecule has 0 aliphatic heterocycles. The Morgan fingerprint density at radius 1 is 1.10 bits per heavy atom. The van der Waals surface area contributed by atoms with E-state index in [9.17, 15) is 12.8 Å². The number of anilines is 1. The van der Waals surface area contributed by atoms with Crippen LogP contribution in [0.15, 0.2) is 23.1 Å². The number of sulfonamides is 1. The summed E-state index contributed by atoms with van der Waals surface area (Å²) in [7, 11) is -3.67. The van der Waals surface area contributed by atoms with Gasteiger partial charge in [0.25, 0.3) is 0 Å². The molecule has 112 valence electrons. The van der Waals surface area contributed by atoms with Gasteiger partial charge in [-0.2, -0.15) is 0 Å². The topological polar surface area (TPSA) is 72.2 Å². The molecule has 1 aromatic carbocycles.